The molecule has 0 radical (unpaired) electrons. The van der Waals surface area contributed by atoms with Crippen molar-refractivity contribution < 1.29 is 40.2 Å². The maximum atomic E-state index is 9.76. The molecule has 0 amide bonds. The van der Waals surface area contributed by atoms with Crippen LogP contribution in [0.2, 0.25) is 0 Å². The van der Waals surface area contributed by atoms with E-state index < -0.39 is 37.0 Å². The predicted octanol–water partition coefficient (Wildman–Crippen LogP) is -3.29. The van der Waals surface area contributed by atoms with Gasteiger partial charge in [0, 0.05) is 0 Å². The molecule has 8 nitrogen and oxygen atoms in total. The Kier molecular flexibility index (Phi) is 9.96. The fourth-order valence-electron chi connectivity index (χ4n) is 0.416. The first-order valence-corrected chi connectivity index (χ1v) is 4.29. The van der Waals surface area contributed by atoms with Gasteiger partial charge in [0.25, 0.3) is 0 Å². The van der Waals surface area contributed by atoms with Crippen molar-refractivity contribution in [3.8, 4) is 0 Å². The monoisotopic (exact) mass is 240 g/mol. The van der Waals surface area contributed by atoms with Gasteiger partial charge in [-0.2, -0.15) is 0 Å². The van der Waals surface area contributed by atoms with Crippen LogP contribution in [0.5, 0.6) is 0 Å². The Morgan fingerprint density at radius 1 is 1.25 bits per heavy atom. The molecule has 6 N–H and O–H groups in total. The number of hydrogen-bond acceptors (Lipinski definition) is 7. The van der Waals surface area contributed by atoms with Gasteiger partial charge in [-0.05, 0) is 6.92 Å². The van der Waals surface area contributed by atoms with Gasteiger partial charge in [-0.15, -0.1) is 0 Å². The Morgan fingerprint density at radius 3 is 1.81 bits per heavy atom. The molecule has 1 unspecified atom stereocenters. The molecule has 4 atom stereocenters. The van der Waals surface area contributed by atoms with Crippen molar-refractivity contribution in [1.82, 2.24) is 0 Å². The van der Waals surface area contributed by atoms with E-state index in [0.717, 1.165) is 0 Å². The molecule has 0 heterocycles. The highest BCUT2D eigenvalue weighted by molar-refractivity contribution is 5.71. The van der Waals surface area contributed by atoms with E-state index >= 15 is 0 Å². The Hall–Kier alpha value is -1.06. The van der Waals surface area contributed by atoms with Crippen LogP contribution >= 0.6 is 0 Å². The Balaban J connectivity index is 0. The predicted molar refractivity (Wildman–Crippen MR) is 50.5 cm³/mol. The van der Waals surface area contributed by atoms with Crippen LogP contribution in [-0.4, -0.2) is 73.9 Å². The summed E-state index contributed by atoms with van der Waals surface area (Å²) in [4.78, 5) is 19.2. The molecule has 8 heteroatoms. The lowest BCUT2D eigenvalue weighted by molar-refractivity contribution is -0.145. The second-order valence-corrected chi connectivity index (χ2v) is 2.88. The van der Waals surface area contributed by atoms with Gasteiger partial charge < -0.3 is 35.4 Å². The van der Waals surface area contributed by atoms with Crippen LogP contribution in [0.15, 0.2) is 0 Å². The van der Waals surface area contributed by atoms with E-state index in [1.165, 1.54) is 6.92 Å². The zero-order valence-corrected chi connectivity index (χ0v) is 8.59. The van der Waals surface area contributed by atoms with E-state index in [1.54, 1.807) is 0 Å². The molecule has 0 aromatic heterocycles. The first-order valence-electron chi connectivity index (χ1n) is 4.29. The average molecular weight is 240 g/mol. The lowest BCUT2D eigenvalue weighted by atomic mass is 10.1. The van der Waals surface area contributed by atoms with Gasteiger partial charge in [-0.25, -0.2) is 4.79 Å². The summed E-state index contributed by atoms with van der Waals surface area (Å²) in [6.45, 7) is 0.508. The molecule has 0 spiro atoms. The van der Waals surface area contributed by atoms with Crippen molar-refractivity contribution >= 4 is 12.3 Å². The van der Waals surface area contributed by atoms with E-state index in [0.29, 0.717) is 0 Å². The van der Waals surface area contributed by atoms with Gasteiger partial charge in [0.05, 0.1) is 6.61 Å². The van der Waals surface area contributed by atoms with Gasteiger partial charge >= 0.3 is 5.97 Å². The number of carboxylic acid groups (broad SMARTS) is 1. The van der Waals surface area contributed by atoms with Crippen molar-refractivity contribution in [2.75, 3.05) is 6.61 Å². The fourth-order valence-corrected chi connectivity index (χ4v) is 0.416. The summed E-state index contributed by atoms with van der Waals surface area (Å²) in [5.74, 6) is -1.19. The molecule has 0 fully saturated rings. The number of rotatable bonds is 5. The number of carbonyl (C=O) groups is 2. The summed E-state index contributed by atoms with van der Waals surface area (Å²) in [6.07, 6.45) is -5.86. The van der Waals surface area contributed by atoms with Crippen molar-refractivity contribution in [2.45, 2.75) is 31.3 Å². The highest BCUT2D eigenvalue weighted by Gasteiger charge is 2.22. The quantitative estimate of drug-likeness (QED) is 0.273. The van der Waals surface area contributed by atoms with Gasteiger partial charge in [-0.3, -0.25) is 0 Å². The summed E-state index contributed by atoms with van der Waals surface area (Å²) >= 11 is 0. The molecule has 0 saturated heterocycles. The second-order valence-electron chi connectivity index (χ2n) is 2.88. The zero-order valence-electron chi connectivity index (χ0n) is 8.59. The standard InChI is InChI=1S/C5H10O5.C3H6O3/c6-1-3(8)5(10)4(9)2-7;1-2(4)3(5)6/h1,3-5,7-10H,2H2;2,4H,1H3,(H,5,6)/t3-,4-,5+;/m1./s1. The van der Waals surface area contributed by atoms with Gasteiger partial charge in [0.2, 0.25) is 0 Å². The normalized spacial score (nSPS) is 17.4. The smallest absolute Gasteiger partial charge is 0.332 e. The van der Waals surface area contributed by atoms with Gasteiger partial charge in [0.1, 0.15) is 24.4 Å². The summed E-state index contributed by atoms with van der Waals surface area (Å²) in [6, 6.07) is 0. The van der Waals surface area contributed by atoms with Crippen LogP contribution < -0.4 is 0 Å². The average Bonchev–Trinajstić information content (AvgIpc) is 2.26. The Bertz CT molecular complexity index is 204. The van der Waals surface area contributed by atoms with E-state index in [4.69, 9.17) is 30.6 Å². The number of aliphatic carboxylic acids is 1. The van der Waals surface area contributed by atoms with E-state index in [-0.39, 0.29) is 6.29 Å². The molecule has 0 rings (SSSR count). The summed E-state index contributed by atoms with van der Waals surface area (Å²) in [5.41, 5.74) is 0. The van der Waals surface area contributed by atoms with E-state index in [9.17, 15) is 9.59 Å². The third-order valence-electron chi connectivity index (χ3n) is 1.43. The molecule has 0 aliphatic heterocycles. The second kappa shape index (κ2) is 9.19. The lowest BCUT2D eigenvalue weighted by Crippen LogP contribution is -2.40. The maximum absolute atomic E-state index is 9.76. The lowest BCUT2D eigenvalue weighted by Gasteiger charge is -2.16. The number of carboxylic acids is 1. The Morgan fingerprint density at radius 2 is 1.62 bits per heavy atom. The van der Waals surface area contributed by atoms with Crippen LogP contribution in [0.3, 0.4) is 0 Å². The molecule has 0 aromatic carbocycles. The molecule has 16 heavy (non-hydrogen) atoms. The van der Waals surface area contributed by atoms with E-state index in [2.05, 4.69) is 0 Å². The van der Waals surface area contributed by atoms with Gasteiger partial charge in [-0.1, -0.05) is 0 Å². The minimum Gasteiger partial charge on any atom is -0.479 e. The highest BCUT2D eigenvalue weighted by atomic mass is 16.4. The number of aliphatic hydroxyl groups excluding tert-OH is 5. The van der Waals surface area contributed by atoms with Gasteiger partial charge in [0.15, 0.2) is 6.29 Å². The minimum absolute atomic E-state index is 0.0869. The summed E-state index contributed by atoms with van der Waals surface area (Å²) < 4.78 is 0. The zero-order chi connectivity index (χ0) is 13.3. The molecule has 0 aliphatic carbocycles. The van der Waals surface area contributed by atoms with Crippen molar-refractivity contribution in [3.05, 3.63) is 0 Å². The number of hydrogen-bond donors (Lipinski definition) is 6. The molecule has 96 valence electrons. The first-order chi connectivity index (χ1) is 7.27. The SMILES string of the molecule is CC(O)C(=O)O.O=C[C@@H](O)[C@H](O)[C@H](O)CO. The summed E-state index contributed by atoms with van der Waals surface area (Å²) in [7, 11) is 0. The molecule has 0 aromatic rings. The Labute approximate surface area is 91.4 Å². The van der Waals surface area contributed by atoms with Crippen molar-refractivity contribution in [3.63, 3.8) is 0 Å². The molecular formula is C8H16O8. The van der Waals surface area contributed by atoms with Crippen LogP contribution in [0, 0.1) is 0 Å². The third-order valence-corrected chi connectivity index (χ3v) is 1.43. The maximum Gasteiger partial charge on any atom is 0.332 e. The summed E-state index contributed by atoms with van der Waals surface area (Å²) in [5, 5.41) is 49.8. The van der Waals surface area contributed by atoms with Crippen molar-refractivity contribution in [2.24, 2.45) is 0 Å². The van der Waals surface area contributed by atoms with Crippen LogP contribution in [0.25, 0.3) is 0 Å². The number of aldehydes is 1. The first kappa shape index (κ1) is 17.3. The number of carbonyl (C=O) groups excluding carboxylic acids is 1. The topological polar surface area (TPSA) is 156 Å². The highest BCUT2D eigenvalue weighted by Crippen LogP contribution is 1.96. The molecular weight excluding hydrogens is 224 g/mol. The molecule has 0 aliphatic rings. The molecule has 0 saturated carbocycles. The molecule has 0 bridgehead atoms. The largest absolute Gasteiger partial charge is 0.479 e. The minimum atomic E-state index is -1.64. The third kappa shape index (κ3) is 8.26. The van der Waals surface area contributed by atoms with Crippen LogP contribution in [0.4, 0.5) is 0 Å². The fraction of sp³-hybridized carbons (Fsp3) is 0.750. The van der Waals surface area contributed by atoms with Crippen LogP contribution in [0.1, 0.15) is 6.92 Å². The van der Waals surface area contributed by atoms with Crippen LogP contribution in [-0.2, 0) is 9.59 Å². The van der Waals surface area contributed by atoms with E-state index in [1.807, 2.05) is 0 Å². The van der Waals surface area contributed by atoms with Crippen molar-refractivity contribution in [1.29, 1.82) is 0 Å². The number of aliphatic hydroxyl groups is 5.